The van der Waals surface area contributed by atoms with Crippen molar-refractivity contribution in [3.8, 4) is 22.6 Å². The van der Waals surface area contributed by atoms with Crippen molar-refractivity contribution in [1.29, 1.82) is 0 Å². The van der Waals surface area contributed by atoms with E-state index in [0.29, 0.717) is 35.7 Å². The van der Waals surface area contributed by atoms with E-state index in [1.165, 1.54) is 7.11 Å². The average Bonchev–Trinajstić information content (AvgIpc) is 2.81. The van der Waals surface area contributed by atoms with E-state index in [2.05, 4.69) is 0 Å². The summed E-state index contributed by atoms with van der Waals surface area (Å²) >= 11 is 0. The molecule has 1 unspecified atom stereocenters. The molecule has 6 heteroatoms. The molecule has 0 saturated heterocycles. The van der Waals surface area contributed by atoms with E-state index in [1.807, 2.05) is 48.5 Å². The van der Waals surface area contributed by atoms with Crippen molar-refractivity contribution < 1.29 is 28.8 Å². The summed E-state index contributed by atoms with van der Waals surface area (Å²) in [6.45, 7) is 2.23. The predicted molar refractivity (Wildman–Crippen MR) is 122 cm³/mol. The van der Waals surface area contributed by atoms with E-state index in [4.69, 9.17) is 18.9 Å². The maximum Gasteiger partial charge on any atom is 0.337 e. The van der Waals surface area contributed by atoms with Gasteiger partial charge in [-0.15, -0.1) is 0 Å². The van der Waals surface area contributed by atoms with Gasteiger partial charge in [0.2, 0.25) is 0 Å². The minimum absolute atomic E-state index is 0.0641. The lowest BCUT2D eigenvalue weighted by molar-refractivity contribution is 0.0514. The predicted octanol–water partition coefficient (Wildman–Crippen LogP) is 4.63. The molecule has 0 aliphatic carbocycles. The molecule has 0 amide bonds. The first kappa shape index (κ1) is 23.3. The highest BCUT2D eigenvalue weighted by molar-refractivity contribution is 5.92. The van der Waals surface area contributed by atoms with Crippen molar-refractivity contribution in [2.24, 2.45) is 0 Å². The van der Waals surface area contributed by atoms with Crippen LogP contribution in [0.25, 0.3) is 11.1 Å². The molecule has 1 N–H and O–H groups in total. The van der Waals surface area contributed by atoms with Crippen LogP contribution >= 0.6 is 0 Å². The number of methoxy groups -OCH3 is 2. The van der Waals surface area contributed by atoms with Crippen LogP contribution in [0.5, 0.6) is 11.5 Å². The normalized spacial score (nSPS) is 11.6. The van der Waals surface area contributed by atoms with Crippen LogP contribution in [0.4, 0.5) is 0 Å². The lowest BCUT2D eigenvalue weighted by atomic mass is 9.94. The van der Waals surface area contributed by atoms with E-state index in [0.717, 1.165) is 16.7 Å². The lowest BCUT2D eigenvalue weighted by Gasteiger charge is -2.18. The maximum absolute atomic E-state index is 12.1. The van der Waals surface area contributed by atoms with Crippen LogP contribution in [0.15, 0.2) is 66.7 Å². The molecule has 0 radical (unpaired) electrons. The van der Waals surface area contributed by atoms with Crippen molar-refractivity contribution in [2.45, 2.75) is 26.1 Å². The van der Waals surface area contributed by atoms with Gasteiger partial charge in [0.1, 0.15) is 18.1 Å². The van der Waals surface area contributed by atoms with Crippen LogP contribution in [0.1, 0.15) is 28.4 Å². The summed E-state index contributed by atoms with van der Waals surface area (Å²) in [4.78, 5) is 12.1. The summed E-state index contributed by atoms with van der Waals surface area (Å²) in [5.74, 6) is 0.811. The summed E-state index contributed by atoms with van der Waals surface area (Å²) in [5.41, 5.74) is 3.87. The topological polar surface area (TPSA) is 74.2 Å². The van der Waals surface area contributed by atoms with Crippen LogP contribution in [0.3, 0.4) is 0 Å². The van der Waals surface area contributed by atoms with Crippen LogP contribution in [-0.2, 0) is 22.5 Å². The molecule has 3 aromatic rings. The first-order chi connectivity index (χ1) is 15.5. The van der Waals surface area contributed by atoms with E-state index < -0.39 is 12.1 Å². The molecule has 0 spiro atoms. The van der Waals surface area contributed by atoms with Crippen LogP contribution in [-0.4, -0.2) is 38.2 Å². The van der Waals surface area contributed by atoms with E-state index in [9.17, 15) is 9.90 Å². The number of carbonyl (C=O) groups excluding carboxylic acids is 1. The smallest absolute Gasteiger partial charge is 0.337 e. The van der Waals surface area contributed by atoms with Crippen molar-refractivity contribution in [1.82, 2.24) is 0 Å². The molecule has 0 heterocycles. The number of rotatable bonds is 10. The number of benzene rings is 3. The zero-order valence-electron chi connectivity index (χ0n) is 18.5. The Labute approximate surface area is 188 Å². The third-order valence-electron chi connectivity index (χ3n) is 4.86. The quantitative estimate of drug-likeness (QED) is 0.369. The maximum atomic E-state index is 12.1. The highest BCUT2D eigenvalue weighted by Gasteiger charge is 2.17. The number of ether oxygens (including phenoxy) is 4. The summed E-state index contributed by atoms with van der Waals surface area (Å²) < 4.78 is 21.6. The Kier molecular flexibility index (Phi) is 8.25. The van der Waals surface area contributed by atoms with E-state index in [-0.39, 0.29) is 6.79 Å². The average molecular weight is 437 g/mol. The summed E-state index contributed by atoms with van der Waals surface area (Å²) in [7, 11) is 2.88. The second kappa shape index (κ2) is 11.3. The first-order valence-electron chi connectivity index (χ1n) is 10.3. The fourth-order valence-corrected chi connectivity index (χ4v) is 3.38. The van der Waals surface area contributed by atoms with Crippen LogP contribution in [0.2, 0.25) is 0 Å². The number of esters is 1. The largest absolute Gasteiger partial charge is 0.489 e. The van der Waals surface area contributed by atoms with Gasteiger partial charge in [0.05, 0.1) is 18.8 Å². The molecule has 168 valence electrons. The molecule has 0 fully saturated rings. The summed E-state index contributed by atoms with van der Waals surface area (Å²) in [5, 5.41) is 10.1. The Morgan fingerprint density at radius 2 is 1.72 bits per heavy atom. The number of carbonyl (C=O) groups is 1. The first-order valence-corrected chi connectivity index (χ1v) is 10.3. The molecular weight excluding hydrogens is 408 g/mol. The fraction of sp³-hybridized carbons (Fsp3) is 0.269. The molecule has 0 bridgehead atoms. The Morgan fingerprint density at radius 3 is 2.41 bits per heavy atom. The standard InChI is InChI=1S/C26H28O6/c1-18(27)13-21-14-22(31-16-19-7-5-4-6-8-19)10-11-23(21)24-15-20(26(28)30-3)9-12-25(24)32-17-29-2/h4-12,14-15,18,27H,13,16-17H2,1-3H3. The van der Waals surface area contributed by atoms with Gasteiger partial charge in [-0.2, -0.15) is 0 Å². The van der Waals surface area contributed by atoms with Gasteiger partial charge in [-0.3, -0.25) is 0 Å². The Bertz CT molecular complexity index is 1030. The highest BCUT2D eigenvalue weighted by Crippen LogP contribution is 2.36. The molecule has 0 aliphatic heterocycles. The van der Waals surface area contributed by atoms with E-state index >= 15 is 0 Å². The lowest BCUT2D eigenvalue weighted by Crippen LogP contribution is -2.08. The van der Waals surface area contributed by atoms with Gasteiger partial charge in [-0.25, -0.2) is 4.79 Å². The van der Waals surface area contributed by atoms with Crippen molar-refractivity contribution >= 4 is 5.97 Å². The molecule has 0 saturated carbocycles. The number of hydrogen-bond acceptors (Lipinski definition) is 6. The van der Waals surface area contributed by atoms with Crippen molar-refractivity contribution in [3.63, 3.8) is 0 Å². The molecule has 6 nitrogen and oxygen atoms in total. The third-order valence-corrected chi connectivity index (χ3v) is 4.86. The zero-order valence-corrected chi connectivity index (χ0v) is 18.5. The van der Waals surface area contributed by atoms with Crippen LogP contribution < -0.4 is 9.47 Å². The SMILES string of the molecule is COCOc1ccc(C(=O)OC)cc1-c1ccc(OCc2ccccc2)cc1CC(C)O. The minimum atomic E-state index is -0.565. The molecule has 3 aromatic carbocycles. The molecular formula is C26H28O6. The molecule has 32 heavy (non-hydrogen) atoms. The molecule has 3 rings (SSSR count). The monoisotopic (exact) mass is 436 g/mol. The van der Waals surface area contributed by atoms with Gasteiger partial charge in [0.25, 0.3) is 0 Å². The van der Waals surface area contributed by atoms with Crippen molar-refractivity contribution in [3.05, 3.63) is 83.4 Å². The molecule has 1 atom stereocenters. The third kappa shape index (κ3) is 6.09. The molecule has 0 aromatic heterocycles. The van der Waals surface area contributed by atoms with Gasteiger partial charge in [0, 0.05) is 12.7 Å². The van der Waals surface area contributed by atoms with E-state index in [1.54, 1.807) is 32.2 Å². The number of hydrogen-bond donors (Lipinski definition) is 1. The zero-order chi connectivity index (χ0) is 22.9. The minimum Gasteiger partial charge on any atom is -0.489 e. The second-order valence-electron chi connectivity index (χ2n) is 7.40. The van der Waals surface area contributed by atoms with Crippen molar-refractivity contribution in [2.75, 3.05) is 21.0 Å². The Balaban J connectivity index is 1.99. The highest BCUT2D eigenvalue weighted by atomic mass is 16.7. The second-order valence-corrected chi connectivity index (χ2v) is 7.40. The molecule has 0 aliphatic rings. The summed E-state index contributed by atoms with van der Waals surface area (Å²) in [6, 6.07) is 20.7. The van der Waals surface area contributed by atoms with Gasteiger partial charge < -0.3 is 24.1 Å². The van der Waals surface area contributed by atoms with Gasteiger partial charge in [-0.05, 0) is 60.4 Å². The van der Waals surface area contributed by atoms with Crippen LogP contribution in [0, 0.1) is 0 Å². The van der Waals surface area contributed by atoms with Gasteiger partial charge >= 0.3 is 5.97 Å². The van der Waals surface area contributed by atoms with Gasteiger partial charge in [-0.1, -0.05) is 36.4 Å². The number of aliphatic hydroxyl groups excluding tert-OH is 1. The number of aliphatic hydroxyl groups is 1. The van der Waals surface area contributed by atoms with Gasteiger partial charge in [0.15, 0.2) is 6.79 Å². The Hall–Kier alpha value is -3.35. The Morgan fingerprint density at radius 1 is 0.938 bits per heavy atom. The fourth-order valence-electron chi connectivity index (χ4n) is 3.38. The summed E-state index contributed by atoms with van der Waals surface area (Å²) in [6.07, 6.45) is -0.158.